The van der Waals surface area contributed by atoms with Crippen molar-refractivity contribution in [2.24, 2.45) is 5.73 Å². The number of nitrogens with zero attached hydrogens (tertiary/aromatic N) is 4. The molecule has 0 aromatic carbocycles. The molecule has 1 atom stereocenters. The Morgan fingerprint density at radius 2 is 1.79 bits per heavy atom. The van der Waals surface area contributed by atoms with Gasteiger partial charge in [0.25, 0.3) is 0 Å². The molecule has 0 aliphatic carbocycles. The highest BCUT2D eigenvalue weighted by Gasteiger charge is 2.25. The number of nitrogens with two attached hydrogens (primary N) is 1. The van der Waals surface area contributed by atoms with Crippen LogP contribution >= 0.6 is 0 Å². The van der Waals surface area contributed by atoms with Gasteiger partial charge in [-0.15, -0.1) is 0 Å². The Morgan fingerprint density at radius 3 is 2.37 bits per heavy atom. The molecule has 2 heterocycles. The van der Waals surface area contributed by atoms with Gasteiger partial charge in [0.2, 0.25) is 0 Å². The third-order valence-corrected chi connectivity index (χ3v) is 4.01. The van der Waals surface area contributed by atoms with Gasteiger partial charge >= 0.3 is 0 Å². The number of hydrogen-bond acceptors (Lipinski definition) is 5. The van der Waals surface area contributed by atoms with E-state index in [-0.39, 0.29) is 6.04 Å². The van der Waals surface area contributed by atoms with E-state index in [0.29, 0.717) is 6.54 Å². The van der Waals surface area contributed by atoms with E-state index >= 15 is 0 Å². The highest BCUT2D eigenvalue weighted by Crippen LogP contribution is 2.22. The molecule has 1 unspecified atom stereocenters. The summed E-state index contributed by atoms with van der Waals surface area (Å²) in [6.45, 7) is 7.78. The second kappa shape index (κ2) is 5.94. The van der Waals surface area contributed by atoms with E-state index in [1.807, 2.05) is 13.8 Å². The van der Waals surface area contributed by atoms with Gasteiger partial charge in [-0.2, -0.15) is 0 Å². The Morgan fingerprint density at radius 1 is 1.16 bits per heavy atom. The number of hydrogen-bond donors (Lipinski definition) is 1. The summed E-state index contributed by atoms with van der Waals surface area (Å²) >= 11 is 0. The third kappa shape index (κ3) is 3.11. The zero-order valence-electron chi connectivity index (χ0n) is 12.5. The summed E-state index contributed by atoms with van der Waals surface area (Å²) in [4.78, 5) is 14.1. The monoisotopic (exact) mass is 263 g/mol. The Bertz CT molecular complexity index is 422. The summed E-state index contributed by atoms with van der Waals surface area (Å²) < 4.78 is 0. The van der Waals surface area contributed by atoms with E-state index in [4.69, 9.17) is 15.7 Å². The fourth-order valence-corrected chi connectivity index (χ4v) is 2.76. The minimum Gasteiger partial charge on any atom is -0.326 e. The highest BCUT2D eigenvalue weighted by molar-refractivity contribution is 5.24. The van der Waals surface area contributed by atoms with Crippen molar-refractivity contribution in [1.29, 1.82) is 0 Å². The zero-order chi connectivity index (χ0) is 14.0. The molecule has 1 fully saturated rings. The van der Waals surface area contributed by atoms with Crippen molar-refractivity contribution < 1.29 is 0 Å². The van der Waals surface area contributed by atoms with Crippen LogP contribution < -0.4 is 5.73 Å². The molecule has 0 amide bonds. The standard InChI is InChI=1S/C14H25N5/c1-10-12(8-15)11(2)17-14(16-10)13-9-18(3)6-5-7-19(13)4/h13H,5-9,15H2,1-4H3. The number of rotatable bonds is 2. The van der Waals surface area contributed by atoms with Gasteiger partial charge in [-0.3, -0.25) is 4.90 Å². The first-order chi connectivity index (χ1) is 9.02. The number of likely N-dealkylation sites (N-methyl/N-ethyl adjacent to an activating group) is 2. The second-order valence-corrected chi connectivity index (χ2v) is 5.55. The van der Waals surface area contributed by atoms with Gasteiger partial charge in [0, 0.05) is 30.0 Å². The molecule has 1 aromatic heterocycles. The number of aryl methyl sites for hydroxylation is 2. The molecule has 2 rings (SSSR count). The van der Waals surface area contributed by atoms with Gasteiger partial charge < -0.3 is 10.6 Å². The van der Waals surface area contributed by atoms with Crippen LogP contribution in [0.1, 0.15) is 35.2 Å². The van der Waals surface area contributed by atoms with Gasteiger partial charge in [-0.1, -0.05) is 0 Å². The van der Waals surface area contributed by atoms with Crippen LogP contribution in [-0.4, -0.2) is 53.5 Å². The molecular formula is C14H25N5. The summed E-state index contributed by atoms with van der Waals surface area (Å²) in [5.41, 5.74) is 8.87. The van der Waals surface area contributed by atoms with Crippen molar-refractivity contribution in [3.05, 3.63) is 22.8 Å². The maximum atomic E-state index is 5.76. The lowest BCUT2D eigenvalue weighted by atomic mass is 10.1. The summed E-state index contributed by atoms with van der Waals surface area (Å²) in [5.74, 6) is 0.934. The predicted molar refractivity (Wildman–Crippen MR) is 76.9 cm³/mol. The first-order valence-corrected chi connectivity index (χ1v) is 6.95. The molecule has 2 N–H and O–H groups in total. The molecule has 5 heteroatoms. The van der Waals surface area contributed by atoms with Gasteiger partial charge in [0.15, 0.2) is 0 Å². The van der Waals surface area contributed by atoms with E-state index in [1.165, 1.54) is 6.42 Å². The molecule has 0 bridgehead atoms. The van der Waals surface area contributed by atoms with Crippen molar-refractivity contribution in [1.82, 2.24) is 19.8 Å². The highest BCUT2D eigenvalue weighted by atomic mass is 15.2. The maximum Gasteiger partial charge on any atom is 0.147 e. The van der Waals surface area contributed by atoms with Crippen LogP contribution in [0.3, 0.4) is 0 Å². The first kappa shape index (κ1) is 14.4. The lowest BCUT2D eigenvalue weighted by molar-refractivity contribution is 0.219. The molecule has 5 nitrogen and oxygen atoms in total. The molecule has 19 heavy (non-hydrogen) atoms. The van der Waals surface area contributed by atoms with E-state index < -0.39 is 0 Å². The lowest BCUT2D eigenvalue weighted by Crippen LogP contribution is -2.32. The predicted octanol–water partition coefficient (Wildman–Crippen LogP) is 0.861. The zero-order valence-corrected chi connectivity index (χ0v) is 12.5. The van der Waals surface area contributed by atoms with Gasteiger partial charge in [-0.25, -0.2) is 9.97 Å². The molecule has 1 aliphatic rings. The average Bonchev–Trinajstić information content (AvgIpc) is 2.51. The largest absolute Gasteiger partial charge is 0.326 e. The third-order valence-electron chi connectivity index (χ3n) is 4.01. The summed E-state index contributed by atoms with van der Waals surface area (Å²) in [6, 6.07) is 0.275. The van der Waals surface area contributed by atoms with Crippen molar-refractivity contribution in [2.45, 2.75) is 32.9 Å². The van der Waals surface area contributed by atoms with Crippen molar-refractivity contribution in [3.63, 3.8) is 0 Å². The van der Waals surface area contributed by atoms with Gasteiger partial charge in [-0.05, 0) is 47.5 Å². The molecule has 0 saturated carbocycles. The van der Waals surface area contributed by atoms with Gasteiger partial charge in [0.05, 0.1) is 6.04 Å². The topological polar surface area (TPSA) is 58.3 Å². The fourth-order valence-electron chi connectivity index (χ4n) is 2.76. The SMILES string of the molecule is Cc1nc(C2CN(C)CCCN2C)nc(C)c1CN. The lowest BCUT2D eigenvalue weighted by Gasteiger charge is -2.27. The van der Waals surface area contributed by atoms with Crippen LogP contribution in [0.4, 0.5) is 0 Å². The Kier molecular flexibility index (Phi) is 4.50. The van der Waals surface area contributed by atoms with E-state index in [9.17, 15) is 0 Å². The average molecular weight is 263 g/mol. The summed E-state index contributed by atoms with van der Waals surface area (Å²) in [6.07, 6.45) is 1.20. The van der Waals surface area contributed by atoms with Crippen molar-refractivity contribution in [2.75, 3.05) is 33.7 Å². The minimum atomic E-state index is 0.275. The molecule has 0 spiro atoms. The summed E-state index contributed by atoms with van der Waals surface area (Å²) in [5, 5.41) is 0. The Hall–Kier alpha value is -1.04. The quantitative estimate of drug-likeness (QED) is 0.857. The molecule has 0 radical (unpaired) electrons. The summed E-state index contributed by atoms with van der Waals surface area (Å²) in [7, 11) is 4.33. The van der Waals surface area contributed by atoms with Crippen LogP contribution in [-0.2, 0) is 6.54 Å². The second-order valence-electron chi connectivity index (χ2n) is 5.55. The first-order valence-electron chi connectivity index (χ1n) is 6.95. The van der Waals surface area contributed by atoms with Crippen LogP contribution in [0, 0.1) is 13.8 Å². The van der Waals surface area contributed by atoms with Crippen LogP contribution in [0.15, 0.2) is 0 Å². The normalized spacial score (nSPS) is 22.5. The Labute approximate surface area is 115 Å². The van der Waals surface area contributed by atoms with E-state index in [2.05, 4.69) is 23.9 Å². The van der Waals surface area contributed by atoms with Crippen LogP contribution in [0.5, 0.6) is 0 Å². The van der Waals surface area contributed by atoms with Gasteiger partial charge in [0.1, 0.15) is 5.82 Å². The minimum absolute atomic E-state index is 0.275. The van der Waals surface area contributed by atoms with Crippen LogP contribution in [0.25, 0.3) is 0 Å². The molecule has 1 aliphatic heterocycles. The maximum absolute atomic E-state index is 5.76. The molecular weight excluding hydrogens is 238 g/mol. The smallest absolute Gasteiger partial charge is 0.147 e. The molecule has 1 aromatic rings. The molecule has 106 valence electrons. The Balaban J connectivity index is 2.34. The van der Waals surface area contributed by atoms with E-state index in [1.54, 1.807) is 0 Å². The fraction of sp³-hybridized carbons (Fsp3) is 0.714. The van der Waals surface area contributed by atoms with Crippen LogP contribution in [0.2, 0.25) is 0 Å². The van der Waals surface area contributed by atoms with Crippen molar-refractivity contribution >= 4 is 0 Å². The van der Waals surface area contributed by atoms with E-state index in [0.717, 1.165) is 42.4 Å². The van der Waals surface area contributed by atoms with Crippen molar-refractivity contribution in [3.8, 4) is 0 Å². The molecule has 1 saturated heterocycles. The number of aromatic nitrogens is 2.